The number of ether oxygens (including phenoxy) is 3. The highest BCUT2D eigenvalue weighted by molar-refractivity contribution is 7.47. The van der Waals surface area contributed by atoms with Crippen LogP contribution in [0.2, 0.25) is 0 Å². The lowest BCUT2D eigenvalue weighted by Gasteiger charge is -2.26. The third-order valence-electron chi connectivity index (χ3n) is 7.84. The SMILES string of the molecule is N#Cc1cn([C@@H]2O[C@@H]3COP(=O)(O)O[C@@H]4[C@H](O)C(OCC[C@H]3[C@H]2O)O[C@H]4n2cnc3c(=O)[nH]c(N)nc32)c2ncnc(N)c12. The zero-order valence-electron chi connectivity index (χ0n) is 22.4. The Labute approximate surface area is 245 Å². The molecule has 2 bridgehead atoms. The molecule has 7 rings (SSSR count). The maximum absolute atomic E-state index is 13.2. The first-order chi connectivity index (χ1) is 21.1. The number of imidazole rings is 1. The van der Waals surface area contributed by atoms with Crippen LogP contribution in [0, 0.1) is 17.2 Å². The molecule has 0 aromatic carbocycles. The van der Waals surface area contributed by atoms with Gasteiger partial charge in [-0.25, -0.2) is 19.5 Å². The van der Waals surface area contributed by atoms with Gasteiger partial charge in [0.2, 0.25) is 5.95 Å². The zero-order valence-corrected chi connectivity index (χ0v) is 23.3. The van der Waals surface area contributed by atoms with Crippen LogP contribution in [0.3, 0.4) is 0 Å². The highest BCUT2D eigenvalue weighted by Gasteiger charge is 2.52. The molecular formula is C23H25N10O10P. The van der Waals surface area contributed by atoms with Crippen molar-refractivity contribution in [3.63, 3.8) is 0 Å². The largest absolute Gasteiger partial charge is 0.472 e. The van der Waals surface area contributed by atoms with Gasteiger partial charge in [0.1, 0.15) is 42.2 Å². The summed E-state index contributed by atoms with van der Waals surface area (Å²) >= 11 is 0. The number of phosphoric ester groups is 1. The minimum Gasteiger partial charge on any atom is -0.388 e. The van der Waals surface area contributed by atoms with Crippen molar-refractivity contribution in [1.29, 1.82) is 5.26 Å². The van der Waals surface area contributed by atoms with Gasteiger partial charge in [0.15, 0.2) is 29.9 Å². The molecule has 3 aliphatic heterocycles. The number of nitrogen functional groups attached to an aromatic ring is 2. The second kappa shape index (κ2) is 10.6. The van der Waals surface area contributed by atoms with Crippen LogP contribution in [-0.2, 0) is 27.8 Å². The molecule has 0 saturated carbocycles. The number of fused-ring (bicyclic) bond motifs is 5. The van der Waals surface area contributed by atoms with Crippen molar-refractivity contribution < 1.29 is 42.9 Å². The van der Waals surface area contributed by atoms with E-state index >= 15 is 0 Å². The number of aromatic nitrogens is 7. The van der Waals surface area contributed by atoms with Gasteiger partial charge < -0.3 is 45.4 Å². The maximum Gasteiger partial charge on any atom is 0.472 e. The fourth-order valence-electron chi connectivity index (χ4n) is 5.83. The molecule has 0 radical (unpaired) electrons. The molecule has 8 N–H and O–H groups in total. The monoisotopic (exact) mass is 632 g/mol. The maximum atomic E-state index is 13.2. The van der Waals surface area contributed by atoms with Crippen LogP contribution in [-0.4, -0.2) is 93.1 Å². The van der Waals surface area contributed by atoms with Crippen molar-refractivity contribution in [2.75, 3.05) is 24.7 Å². The fourth-order valence-corrected chi connectivity index (χ4v) is 6.76. The zero-order chi connectivity index (χ0) is 30.9. The highest BCUT2D eigenvalue weighted by Crippen LogP contribution is 2.51. The van der Waals surface area contributed by atoms with Gasteiger partial charge in [0, 0.05) is 12.1 Å². The summed E-state index contributed by atoms with van der Waals surface area (Å²) in [7, 11) is -4.94. The van der Waals surface area contributed by atoms with Gasteiger partial charge in [-0.2, -0.15) is 10.2 Å². The lowest BCUT2D eigenvalue weighted by Crippen LogP contribution is -2.37. The normalized spacial score (nSPS) is 34.4. The summed E-state index contributed by atoms with van der Waals surface area (Å²) in [6.45, 7) is -0.570. The summed E-state index contributed by atoms with van der Waals surface area (Å²) in [4.78, 5) is 41.5. The fraction of sp³-hybridized carbons (Fsp3) is 0.478. The Morgan fingerprint density at radius 1 is 1.11 bits per heavy atom. The standard InChI is InChI=1S/C23H25N10O10P/c24-3-8-4-32(17-11(8)16(25)27-6-28-17)20-13(34)9-1-2-39-22-14(35)15(43-44(37,38)40-5-10(9)41-20)21(42-22)33-7-29-12-18(33)30-23(26)31-19(12)36/h4,6-7,9-10,13-15,20-22,34-35H,1-2,5H2,(H,37,38)(H2,25,27,28)(H3,26,30,31,36)/t9-,10-,13-,14+,15-,20-,21-,22?/m1/s1. The molecule has 9 atom stereocenters. The van der Waals surface area contributed by atoms with Crippen LogP contribution < -0.4 is 17.0 Å². The van der Waals surface area contributed by atoms with E-state index in [2.05, 4.69) is 24.9 Å². The Morgan fingerprint density at radius 3 is 2.73 bits per heavy atom. The molecule has 0 amide bonds. The second-order valence-electron chi connectivity index (χ2n) is 10.4. The number of H-pyrrole nitrogens is 1. The van der Waals surface area contributed by atoms with Crippen LogP contribution in [0.5, 0.6) is 0 Å². The first-order valence-electron chi connectivity index (χ1n) is 13.2. The van der Waals surface area contributed by atoms with Gasteiger partial charge in [0.25, 0.3) is 5.56 Å². The van der Waals surface area contributed by atoms with E-state index in [-0.39, 0.29) is 52.6 Å². The summed E-state index contributed by atoms with van der Waals surface area (Å²) < 4.78 is 44.3. The topological polar surface area (TPSA) is 294 Å². The van der Waals surface area contributed by atoms with Gasteiger partial charge in [0.05, 0.1) is 36.6 Å². The molecule has 20 nitrogen and oxygen atoms in total. The number of hydrogen-bond acceptors (Lipinski definition) is 16. The summed E-state index contributed by atoms with van der Waals surface area (Å²) in [6.07, 6.45) is -5.17. The number of nitrogens with zero attached hydrogens (tertiary/aromatic N) is 7. The van der Waals surface area contributed by atoms with Crippen LogP contribution >= 0.6 is 7.82 Å². The van der Waals surface area contributed by atoms with E-state index in [1.807, 2.05) is 6.07 Å². The number of anilines is 2. The predicted octanol–water partition coefficient (Wildman–Crippen LogP) is -1.39. The predicted molar refractivity (Wildman–Crippen MR) is 144 cm³/mol. The van der Waals surface area contributed by atoms with Gasteiger partial charge in [-0.05, 0) is 6.42 Å². The molecule has 4 aromatic heterocycles. The minimum absolute atomic E-state index is 0.0306. The Morgan fingerprint density at radius 2 is 1.93 bits per heavy atom. The second-order valence-corrected chi connectivity index (χ2v) is 11.8. The molecule has 232 valence electrons. The number of aliphatic hydroxyl groups is 2. The first kappa shape index (κ1) is 28.7. The van der Waals surface area contributed by atoms with E-state index in [4.69, 9.17) is 34.7 Å². The molecule has 44 heavy (non-hydrogen) atoms. The number of nitrogens with one attached hydrogen (secondary N) is 1. The lowest BCUT2D eigenvalue weighted by molar-refractivity contribution is -0.178. The van der Waals surface area contributed by atoms with Crippen LogP contribution in [0.15, 0.2) is 23.6 Å². The number of phosphoric acid groups is 1. The Hall–Kier alpha value is -4.03. The Kier molecular flexibility index (Phi) is 6.89. The smallest absolute Gasteiger partial charge is 0.388 e. The van der Waals surface area contributed by atoms with E-state index in [1.165, 1.54) is 28.0 Å². The van der Waals surface area contributed by atoms with Gasteiger partial charge in [-0.1, -0.05) is 0 Å². The molecule has 21 heteroatoms. The number of aliphatic hydroxyl groups excluding tert-OH is 2. The van der Waals surface area contributed by atoms with Crippen molar-refractivity contribution in [3.05, 3.63) is 34.8 Å². The van der Waals surface area contributed by atoms with Gasteiger partial charge >= 0.3 is 7.82 Å². The summed E-state index contributed by atoms with van der Waals surface area (Å²) in [5.41, 5.74) is 11.3. The van der Waals surface area contributed by atoms with Crippen molar-refractivity contribution in [1.82, 2.24) is 34.1 Å². The van der Waals surface area contributed by atoms with E-state index in [0.29, 0.717) is 0 Å². The van der Waals surface area contributed by atoms with Crippen LogP contribution in [0.1, 0.15) is 24.4 Å². The molecule has 2 unspecified atom stereocenters. The summed E-state index contributed by atoms with van der Waals surface area (Å²) in [5.74, 6) is -0.865. The lowest BCUT2D eigenvalue weighted by atomic mass is 9.95. The Bertz CT molecular complexity index is 1910. The van der Waals surface area contributed by atoms with E-state index in [0.717, 1.165) is 0 Å². The highest BCUT2D eigenvalue weighted by atomic mass is 31.2. The molecule has 3 fully saturated rings. The average Bonchev–Trinajstić information content (AvgIpc) is 3.72. The first-order valence-corrected chi connectivity index (χ1v) is 14.7. The van der Waals surface area contributed by atoms with E-state index in [1.54, 1.807) is 0 Å². The number of hydrogen-bond donors (Lipinski definition) is 6. The number of rotatable bonds is 2. The average molecular weight is 632 g/mol. The van der Waals surface area contributed by atoms with Crippen molar-refractivity contribution in [2.45, 2.75) is 49.6 Å². The van der Waals surface area contributed by atoms with Crippen molar-refractivity contribution in [3.8, 4) is 6.07 Å². The van der Waals surface area contributed by atoms with E-state index < -0.39 is 69.1 Å². The number of aromatic amines is 1. The third kappa shape index (κ3) is 4.62. The van der Waals surface area contributed by atoms with Gasteiger partial charge in [-0.3, -0.25) is 23.4 Å². The van der Waals surface area contributed by atoms with Crippen molar-refractivity contribution >= 4 is 41.8 Å². The molecule has 3 saturated heterocycles. The molecule has 7 heterocycles. The number of nitriles is 1. The van der Waals surface area contributed by atoms with Crippen LogP contribution in [0.25, 0.3) is 22.2 Å². The quantitative estimate of drug-likeness (QED) is 0.139. The molecule has 0 spiro atoms. The summed E-state index contributed by atoms with van der Waals surface area (Å²) in [6, 6.07) is 2.02. The third-order valence-corrected chi connectivity index (χ3v) is 8.83. The Balaban J connectivity index is 1.18. The molecule has 4 aromatic rings. The number of nitrogens with two attached hydrogens (primary N) is 2. The summed E-state index contributed by atoms with van der Waals surface area (Å²) in [5, 5.41) is 32.3. The van der Waals surface area contributed by atoms with Crippen molar-refractivity contribution in [2.24, 2.45) is 5.92 Å². The molecular weight excluding hydrogens is 607 g/mol. The van der Waals surface area contributed by atoms with E-state index in [9.17, 15) is 29.7 Å². The molecule has 0 aliphatic carbocycles. The van der Waals surface area contributed by atoms with Crippen LogP contribution in [0.4, 0.5) is 11.8 Å². The minimum atomic E-state index is -4.94. The molecule has 3 aliphatic rings. The van der Waals surface area contributed by atoms with Gasteiger partial charge in [-0.15, -0.1) is 0 Å².